The average Bonchev–Trinajstić information content (AvgIpc) is 2.45. The Balaban J connectivity index is 2.09. The van der Waals surface area contributed by atoms with Crippen LogP contribution in [-0.4, -0.2) is 5.78 Å². The predicted octanol–water partition coefficient (Wildman–Crippen LogP) is 4.10. The maximum absolute atomic E-state index is 11.3. The van der Waals surface area contributed by atoms with Gasteiger partial charge in [0, 0.05) is 10.0 Å². The summed E-state index contributed by atoms with van der Waals surface area (Å²) in [6.45, 7) is 1.90. The summed E-state index contributed by atoms with van der Waals surface area (Å²) >= 11 is 3.35. The summed E-state index contributed by atoms with van der Waals surface area (Å²) in [5.74, 6) is 0.675. The van der Waals surface area contributed by atoms with E-state index in [4.69, 9.17) is 10.00 Å². The van der Waals surface area contributed by atoms with Gasteiger partial charge in [0.05, 0.1) is 11.6 Å². The summed E-state index contributed by atoms with van der Waals surface area (Å²) in [6, 6.07) is 14.6. The van der Waals surface area contributed by atoms with Gasteiger partial charge in [-0.1, -0.05) is 12.1 Å². The zero-order valence-electron chi connectivity index (χ0n) is 10.9. The molecular formula is C16H12BrNO2. The van der Waals surface area contributed by atoms with E-state index in [-0.39, 0.29) is 5.78 Å². The van der Waals surface area contributed by atoms with Gasteiger partial charge < -0.3 is 4.74 Å². The fourth-order valence-corrected chi connectivity index (χ4v) is 2.41. The van der Waals surface area contributed by atoms with Gasteiger partial charge in [-0.3, -0.25) is 4.79 Å². The maximum Gasteiger partial charge on any atom is 0.160 e. The van der Waals surface area contributed by atoms with Crippen molar-refractivity contribution in [3.05, 3.63) is 63.6 Å². The van der Waals surface area contributed by atoms with Gasteiger partial charge >= 0.3 is 0 Å². The molecule has 4 heteroatoms. The first kappa shape index (κ1) is 14.3. The number of ketones is 1. The van der Waals surface area contributed by atoms with Crippen LogP contribution in [0.2, 0.25) is 0 Å². The molecule has 0 saturated carbocycles. The third kappa shape index (κ3) is 3.46. The Morgan fingerprint density at radius 1 is 1.30 bits per heavy atom. The van der Waals surface area contributed by atoms with E-state index in [1.54, 1.807) is 30.3 Å². The lowest BCUT2D eigenvalue weighted by molar-refractivity contribution is 0.101. The second-order valence-electron chi connectivity index (χ2n) is 4.30. The van der Waals surface area contributed by atoms with E-state index < -0.39 is 0 Å². The van der Waals surface area contributed by atoms with Crippen molar-refractivity contribution in [2.45, 2.75) is 13.5 Å². The molecule has 0 bridgehead atoms. The molecule has 2 aromatic carbocycles. The van der Waals surface area contributed by atoms with E-state index in [1.165, 1.54) is 6.92 Å². The third-order valence-corrected chi connectivity index (χ3v) is 3.44. The number of hydrogen-bond donors (Lipinski definition) is 0. The normalized spacial score (nSPS) is 9.85. The summed E-state index contributed by atoms with van der Waals surface area (Å²) in [4.78, 5) is 11.3. The molecular weight excluding hydrogens is 318 g/mol. The molecule has 0 aliphatic rings. The average molecular weight is 330 g/mol. The van der Waals surface area contributed by atoms with Gasteiger partial charge in [-0.05, 0) is 58.7 Å². The quantitative estimate of drug-likeness (QED) is 0.793. The highest BCUT2D eigenvalue weighted by Gasteiger charge is 2.06. The van der Waals surface area contributed by atoms with Crippen molar-refractivity contribution >= 4 is 21.7 Å². The molecule has 0 aliphatic carbocycles. The second-order valence-corrected chi connectivity index (χ2v) is 5.15. The van der Waals surface area contributed by atoms with E-state index in [2.05, 4.69) is 22.0 Å². The minimum atomic E-state index is 0.00477. The number of Topliss-reactive ketones (excluding diaryl/α,β-unsaturated/α-hetero) is 1. The van der Waals surface area contributed by atoms with Gasteiger partial charge in [-0.25, -0.2) is 0 Å². The Kier molecular flexibility index (Phi) is 4.54. The van der Waals surface area contributed by atoms with Gasteiger partial charge in [0.2, 0.25) is 0 Å². The first-order valence-corrected chi connectivity index (χ1v) is 6.82. The second kappa shape index (κ2) is 6.36. The Morgan fingerprint density at radius 2 is 2.10 bits per heavy atom. The number of rotatable bonds is 4. The van der Waals surface area contributed by atoms with Crippen molar-refractivity contribution in [3.63, 3.8) is 0 Å². The van der Waals surface area contributed by atoms with E-state index in [0.29, 0.717) is 28.0 Å². The van der Waals surface area contributed by atoms with Gasteiger partial charge in [0.1, 0.15) is 12.4 Å². The predicted molar refractivity (Wildman–Crippen MR) is 79.6 cm³/mol. The van der Waals surface area contributed by atoms with Crippen molar-refractivity contribution in [2.24, 2.45) is 0 Å². The highest BCUT2D eigenvalue weighted by Crippen LogP contribution is 2.24. The van der Waals surface area contributed by atoms with Crippen LogP contribution in [0.4, 0.5) is 0 Å². The number of ether oxygens (including phenoxy) is 1. The monoisotopic (exact) mass is 329 g/mol. The molecule has 20 heavy (non-hydrogen) atoms. The zero-order chi connectivity index (χ0) is 14.5. The first-order chi connectivity index (χ1) is 9.60. The Labute approximate surface area is 125 Å². The fourth-order valence-electron chi connectivity index (χ4n) is 1.77. The van der Waals surface area contributed by atoms with Crippen molar-refractivity contribution in [2.75, 3.05) is 0 Å². The molecule has 0 saturated heterocycles. The van der Waals surface area contributed by atoms with Crippen LogP contribution < -0.4 is 4.74 Å². The molecule has 2 aromatic rings. The lowest BCUT2D eigenvalue weighted by Gasteiger charge is -2.08. The molecule has 0 unspecified atom stereocenters. The Bertz CT molecular complexity index is 689. The van der Waals surface area contributed by atoms with Gasteiger partial charge in [0.15, 0.2) is 5.78 Å². The fraction of sp³-hybridized carbons (Fsp3) is 0.125. The lowest BCUT2D eigenvalue weighted by atomic mass is 10.1. The Hall–Kier alpha value is -2.12. The standard InChI is InChI=1S/C16H12BrNO2/c1-11(19)15-6-5-14(8-16(15)17)20-10-13-4-2-3-12(7-13)9-18/h2-8H,10H2,1H3. The highest BCUT2D eigenvalue weighted by molar-refractivity contribution is 9.10. The van der Waals surface area contributed by atoms with Crippen LogP contribution in [0.1, 0.15) is 28.4 Å². The van der Waals surface area contributed by atoms with E-state index in [1.807, 2.05) is 12.1 Å². The molecule has 0 atom stereocenters. The van der Waals surface area contributed by atoms with E-state index >= 15 is 0 Å². The molecule has 0 aromatic heterocycles. The maximum atomic E-state index is 11.3. The molecule has 0 heterocycles. The molecule has 0 N–H and O–H groups in total. The molecule has 0 aliphatic heterocycles. The lowest BCUT2D eigenvalue weighted by Crippen LogP contribution is -1.98. The van der Waals surface area contributed by atoms with Crippen LogP contribution in [0.25, 0.3) is 0 Å². The number of carbonyl (C=O) groups excluding carboxylic acids is 1. The minimum Gasteiger partial charge on any atom is -0.489 e. The summed E-state index contributed by atoms with van der Waals surface area (Å²) in [5.41, 5.74) is 2.17. The van der Waals surface area contributed by atoms with Crippen LogP contribution >= 0.6 is 15.9 Å². The van der Waals surface area contributed by atoms with E-state index in [9.17, 15) is 4.79 Å². The minimum absolute atomic E-state index is 0.00477. The zero-order valence-corrected chi connectivity index (χ0v) is 12.5. The Morgan fingerprint density at radius 3 is 2.75 bits per heavy atom. The van der Waals surface area contributed by atoms with Crippen LogP contribution in [0.5, 0.6) is 5.75 Å². The number of nitrogens with zero attached hydrogens (tertiary/aromatic N) is 1. The topological polar surface area (TPSA) is 50.1 Å². The van der Waals surface area contributed by atoms with Gasteiger partial charge in [-0.15, -0.1) is 0 Å². The number of hydrogen-bond acceptors (Lipinski definition) is 3. The molecule has 0 radical (unpaired) electrons. The van der Waals surface area contributed by atoms with E-state index in [0.717, 1.165) is 5.56 Å². The molecule has 0 amide bonds. The van der Waals surface area contributed by atoms with Crippen LogP contribution in [-0.2, 0) is 6.61 Å². The van der Waals surface area contributed by atoms with Crippen LogP contribution in [0, 0.1) is 11.3 Å². The molecule has 0 fully saturated rings. The molecule has 0 spiro atoms. The largest absolute Gasteiger partial charge is 0.489 e. The van der Waals surface area contributed by atoms with Crippen molar-refractivity contribution < 1.29 is 9.53 Å². The number of nitriles is 1. The third-order valence-electron chi connectivity index (χ3n) is 2.78. The van der Waals surface area contributed by atoms with Crippen LogP contribution in [0.15, 0.2) is 46.9 Å². The van der Waals surface area contributed by atoms with Crippen molar-refractivity contribution in [1.29, 1.82) is 5.26 Å². The van der Waals surface area contributed by atoms with Gasteiger partial charge in [0.25, 0.3) is 0 Å². The highest BCUT2D eigenvalue weighted by atomic mass is 79.9. The van der Waals surface area contributed by atoms with Gasteiger partial charge in [-0.2, -0.15) is 5.26 Å². The molecule has 3 nitrogen and oxygen atoms in total. The smallest absolute Gasteiger partial charge is 0.160 e. The summed E-state index contributed by atoms with van der Waals surface area (Å²) in [5, 5.41) is 8.84. The number of halogens is 1. The number of benzene rings is 2. The summed E-state index contributed by atoms with van der Waals surface area (Å²) in [7, 11) is 0. The summed E-state index contributed by atoms with van der Waals surface area (Å²) < 4.78 is 6.37. The first-order valence-electron chi connectivity index (χ1n) is 6.02. The van der Waals surface area contributed by atoms with Crippen LogP contribution in [0.3, 0.4) is 0 Å². The summed E-state index contributed by atoms with van der Waals surface area (Å²) in [6.07, 6.45) is 0. The molecule has 2 rings (SSSR count). The van der Waals surface area contributed by atoms with Crippen molar-refractivity contribution in [3.8, 4) is 11.8 Å². The molecule has 100 valence electrons. The number of carbonyl (C=O) groups is 1. The van der Waals surface area contributed by atoms with Crippen molar-refractivity contribution in [1.82, 2.24) is 0 Å². The SMILES string of the molecule is CC(=O)c1ccc(OCc2cccc(C#N)c2)cc1Br.